The maximum atomic E-state index is 12.0. The third kappa shape index (κ3) is 5.25. The van der Waals surface area contributed by atoms with Crippen LogP contribution in [0.2, 0.25) is 0 Å². The van der Waals surface area contributed by atoms with Crippen molar-refractivity contribution >= 4 is 11.9 Å². The highest BCUT2D eigenvalue weighted by atomic mass is 16.2. The second-order valence-corrected chi connectivity index (χ2v) is 6.08. The Labute approximate surface area is 145 Å². The van der Waals surface area contributed by atoms with Gasteiger partial charge in [0, 0.05) is 38.0 Å². The first-order chi connectivity index (χ1) is 11.7. The lowest BCUT2D eigenvalue weighted by Gasteiger charge is -2.18. The molecule has 0 bridgehead atoms. The summed E-state index contributed by atoms with van der Waals surface area (Å²) in [6.45, 7) is 8.93. The maximum absolute atomic E-state index is 12.0. The molecule has 2 atom stereocenters. The van der Waals surface area contributed by atoms with Gasteiger partial charge < -0.3 is 15.5 Å². The summed E-state index contributed by atoms with van der Waals surface area (Å²) >= 11 is 0. The Morgan fingerprint density at radius 2 is 1.92 bits per heavy atom. The van der Waals surface area contributed by atoms with Gasteiger partial charge in [-0.3, -0.25) is 9.79 Å². The van der Waals surface area contributed by atoms with Crippen molar-refractivity contribution in [3.05, 3.63) is 35.9 Å². The van der Waals surface area contributed by atoms with Crippen LogP contribution in [0.15, 0.2) is 35.3 Å². The number of benzene rings is 1. The normalized spacial score (nSPS) is 19.7. The second kappa shape index (κ2) is 9.30. The predicted octanol–water partition coefficient (Wildman–Crippen LogP) is 2.36. The molecule has 0 aromatic heterocycles. The summed E-state index contributed by atoms with van der Waals surface area (Å²) in [5, 5.41) is 6.76. The molecule has 0 saturated heterocycles. The van der Waals surface area contributed by atoms with Crippen LogP contribution in [0.4, 0.5) is 0 Å². The monoisotopic (exact) mass is 330 g/mol. The molecule has 0 spiro atoms. The van der Waals surface area contributed by atoms with Crippen molar-refractivity contribution in [2.45, 2.75) is 45.6 Å². The molecular formula is C19H30N4O. The Balaban J connectivity index is 1.83. The van der Waals surface area contributed by atoms with Crippen molar-refractivity contribution in [1.82, 2.24) is 15.5 Å². The molecule has 0 aliphatic heterocycles. The van der Waals surface area contributed by atoms with Gasteiger partial charge in [0.2, 0.25) is 5.91 Å². The lowest BCUT2D eigenvalue weighted by atomic mass is 10.1. The molecule has 1 saturated carbocycles. The van der Waals surface area contributed by atoms with E-state index in [9.17, 15) is 4.79 Å². The number of carbonyl (C=O) groups excluding carboxylic acids is 1. The Morgan fingerprint density at radius 3 is 2.54 bits per heavy atom. The quantitative estimate of drug-likeness (QED) is 0.568. The number of aliphatic imine (C=N–C) groups is 1. The van der Waals surface area contributed by atoms with Crippen molar-refractivity contribution in [1.29, 1.82) is 0 Å². The molecule has 2 unspecified atom stereocenters. The molecule has 0 radical (unpaired) electrons. The van der Waals surface area contributed by atoms with E-state index in [4.69, 9.17) is 0 Å². The van der Waals surface area contributed by atoms with Crippen LogP contribution in [0, 0.1) is 0 Å². The lowest BCUT2D eigenvalue weighted by Crippen LogP contribution is -2.39. The van der Waals surface area contributed by atoms with Crippen molar-refractivity contribution in [2.24, 2.45) is 4.99 Å². The van der Waals surface area contributed by atoms with E-state index in [0.29, 0.717) is 24.9 Å². The first-order valence-corrected chi connectivity index (χ1v) is 9.07. The number of carbonyl (C=O) groups is 1. The van der Waals surface area contributed by atoms with Gasteiger partial charge in [-0.1, -0.05) is 30.3 Å². The smallest absolute Gasteiger partial charge is 0.224 e. The third-order valence-electron chi connectivity index (χ3n) is 4.40. The molecule has 5 heteroatoms. The molecule has 1 fully saturated rings. The topological polar surface area (TPSA) is 56.7 Å². The average Bonchev–Trinajstić information content (AvgIpc) is 3.36. The Morgan fingerprint density at radius 1 is 1.21 bits per heavy atom. The Kier molecular flexibility index (Phi) is 7.09. The van der Waals surface area contributed by atoms with E-state index >= 15 is 0 Å². The van der Waals surface area contributed by atoms with Gasteiger partial charge in [-0.25, -0.2) is 0 Å². The van der Waals surface area contributed by atoms with Crippen molar-refractivity contribution in [3.63, 3.8) is 0 Å². The summed E-state index contributed by atoms with van der Waals surface area (Å²) < 4.78 is 0. The highest BCUT2D eigenvalue weighted by Gasteiger charge is 2.38. The molecule has 132 valence electrons. The van der Waals surface area contributed by atoms with Crippen LogP contribution in [-0.2, 0) is 4.79 Å². The number of rotatable bonds is 8. The molecule has 0 heterocycles. The summed E-state index contributed by atoms with van der Waals surface area (Å²) in [5.74, 6) is 1.55. The zero-order valence-corrected chi connectivity index (χ0v) is 15.1. The largest absolute Gasteiger partial charge is 0.357 e. The Hall–Kier alpha value is -2.04. The van der Waals surface area contributed by atoms with E-state index < -0.39 is 0 Å². The fourth-order valence-electron chi connectivity index (χ4n) is 2.92. The van der Waals surface area contributed by atoms with Gasteiger partial charge in [0.05, 0.1) is 6.54 Å². The van der Waals surface area contributed by atoms with Gasteiger partial charge in [-0.05, 0) is 32.8 Å². The standard InChI is InChI=1S/C19H30N4O/c1-4-20-19(21-13-12-18(24)23(5-2)6-3)22-17-14-16(17)15-10-8-7-9-11-15/h7-11,16-17H,4-6,12-14H2,1-3H3,(H2,20,21,22). The van der Waals surface area contributed by atoms with E-state index in [1.54, 1.807) is 0 Å². The minimum atomic E-state index is 0.174. The van der Waals surface area contributed by atoms with Crippen molar-refractivity contribution < 1.29 is 4.79 Å². The van der Waals surface area contributed by atoms with Gasteiger partial charge in [0.15, 0.2) is 5.96 Å². The molecule has 1 aliphatic rings. The van der Waals surface area contributed by atoms with E-state index in [1.807, 2.05) is 24.8 Å². The van der Waals surface area contributed by atoms with Gasteiger partial charge in [0.1, 0.15) is 0 Å². The lowest BCUT2D eigenvalue weighted by molar-refractivity contribution is -0.130. The first kappa shape index (κ1) is 18.3. The highest BCUT2D eigenvalue weighted by molar-refractivity contribution is 5.81. The van der Waals surface area contributed by atoms with Gasteiger partial charge >= 0.3 is 0 Å². The average molecular weight is 330 g/mol. The van der Waals surface area contributed by atoms with Crippen LogP contribution in [0.3, 0.4) is 0 Å². The van der Waals surface area contributed by atoms with Crippen molar-refractivity contribution in [2.75, 3.05) is 26.2 Å². The van der Waals surface area contributed by atoms with Gasteiger partial charge in [-0.15, -0.1) is 0 Å². The number of nitrogens with one attached hydrogen (secondary N) is 2. The molecule has 1 aliphatic carbocycles. The Bertz CT molecular complexity index is 540. The maximum Gasteiger partial charge on any atom is 0.224 e. The number of nitrogens with zero attached hydrogens (tertiary/aromatic N) is 2. The summed E-state index contributed by atoms with van der Waals surface area (Å²) in [4.78, 5) is 18.4. The van der Waals surface area contributed by atoms with Crippen molar-refractivity contribution in [3.8, 4) is 0 Å². The van der Waals surface area contributed by atoms with E-state index in [-0.39, 0.29) is 5.91 Å². The van der Waals surface area contributed by atoms with Gasteiger partial charge in [0.25, 0.3) is 0 Å². The number of hydrogen-bond acceptors (Lipinski definition) is 2. The van der Waals surface area contributed by atoms with Crippen LogP contribution < -0.4 is 10.6 Å². The molecule has 1 aromatic carbocycles. The van der Waals surface area contributed by atoms with Crippen LogP contribution in [0.5, 0.6) is 0 Å². The minimum absolute atomic E-state index is 0.174. The predicted molar refractivity (Wildman–Crippen MR) is 99.2 cm³/mol. The number of guanidine groups is 1. The number of amides is 1. The van der Waals surface area contributed by atoms with Crippen LogP contribution in [-0.4, -0.2) is 49.0 Å². The summed E-state index contributed by atoms with van der Waals surface area (Å²) in [6, 6.07) is 11.0. The third-order valence-corrected chi connectivity index (χ3v) is 4.40. The summed E-state index contributed by atoms with van der Waals surface area (Å²) in [6.07, 6.45) is 1.60. The molecule has 2 rings (SSSR count). The molecule has 5 nitrogen and oxygen atoms in total. The molecule has 1 aromatic rings. The van der Waals surface area contributed by atoms with Crippen LogP contribution >= 0.6 is 0 Å². The van der Waals surface area contributed by atoms with Gasteiger partial charge in [-0.2, -0.15) is 0 Å². The minimum Gasteiger partial charge on any atom is -0.357 e. The highest BCUT2D eigenvalue weighted by Crippen LogP contribution is 2.40. The second-order valence-electron chi connectivity index (χ2n) is 6.08. The first-order valence-electron chi connectivity index (χ1n) is 9.07. The summed E-state index contributed by atoms with van der Waals surface area (Å²) in [5.41, 5.74) is 1.38. The molecule has 24 heavy (non-hydrogen) atoms. The molecule has 1 amide bonds. The fourth-order valence-corrected chi connectivity index (χ4v) is 2.92. The zero-order valence-electron chi connectivity index (χ0n) is 15.1. The molecular weight excluding hydrogens is 300 g/mol. The number of hydrogen-bond donors (Lipinski definition) is 2. The van der Waals surface area contributed by atoms with E-state index in [0.717, 1.165) is 32.0 Å². The van der Waals surface area contributed by atoms with Crippen LogP contribution in [0.1, 0.15) is 45.1 Å². The van der Waals surface area contributed by atoms with Crippen LogP contribution in [0.25, 0.3) is 0 Å². The molecule has 2 N–H and O–H groups in total. The zero-order chi connectivity index (χ0) is 17.4. The SMILES string of the molecule is CCNC(=NCCC(=O)N(CC)CC)NC1CC1c1ccccc1. The van der Waals surface area contributed by atoms with E-state index in [2.05, 4.69) is 46.8 Å². The van der Waals surface area contributed by atoms with E-state index in [1.165, 1.54) is 5.56 Å². The summed E-state index contributed by atoms with van der Waals surface area (Å²) in [7, 11) is 0. The fraction of sp³-hybridized carbons (Fsp3) is 0.579.